The van der Waals surface area contributed by atoms with Crippen LogP contribution in [0.25, 0.3) is 0 Å². The molecule has 1 saturated heterocycles. The van der Waals surface area contributed by atoms with Crippen molar-refractivity contribution in [1.29, 1.82) is 0 Å². The van der Waals surface area contributed by atoms with E-state index in [1.807, 2.05) is 0 Å². The zero-order valence-electron chi connectivity index (χ0n) is 11.1. The molecule has 0 atom stereocenters. The maximum Gasteiger partial charge on any atom is 0.220 e. The topological polar surface area (TPSA) is 32.3 Å². The highest BCUT2D eigenvalue weighted by atomic mass is 16.1. The molecule has 0 aromatic carbocycles. The zero-order chi connectivity index (χ0) is 12.1. The number of hydrogen-bond acceptors (Lipinski definition) is 2. The second kappa shape index (κ2) is 6.39. The van der Waals surface area contributed by atoms with E-state index in [-0.39, 0.29) is 0 Å². The Bertz CT molecular complexity index is 241. The molecule has 3 heteroatoms. The van der Waals surface area contributed by atoms with E-state index in [1.165, 1.54) is 32.1 Å². The number of hydrogen-bond donors (Lipinski definition) is 1. The van der Waals surface area contributed by atoms with Gasteiger partial charge in [0.15, 0.2) is 0 Å². The van der Waals surface area contributed by atoms with E-state index in [0.717, 1.165) is 32.4 Å². The van der Waals surface area contributed by atoms with Crippen molar-refractivity contribution in [1.82, 2.24) is 10.2 Å². The summed E-state index contributed by atoms with van der Waals surface area (Å²) in [6.45, 7) is 2.24. The largest absolute Gasteiger partial charge is 0.353 e. The van der Waals surface area contributed by atoms with Crippen LogP contribution in [0.4, 0.5) is 0 Å². The molecule has 1 N–H and O–H groups in total. The van der Waals surface area contributed by atoms with Gasteiger partial charge in [-0.1, -0.05) is 19.3 Å². The molecule has 0 spiro atoms. The molecule has 98 valence electrons. The number of likely N-dealkylation sites (tertiary alicyclic amines) is 1. The van der Waals surface area contributed by atoms with Crippen LogP contribution >= 0.6 is 0 Å². The molecule has 2 rings (SSSR count). The van der Waals surface area contributed by atoms with Gasteiger partial charge in [-0.15, -0.1) is 0 Å². The Kier molecular flexibility index (Phi) is 4.84. The fourth-order valence-corrected chi connectivity index (χ4v) is 3.09. The molecular formula is C14H26N2O. The van der Waals surface area contributed by atoms with Crippen LogP contribution in [0.15, 0.2) is 0 Å². The van der Waals surface area contributed by atoms with Crippen molar-refractivity contribution in [2.45, 2.75) is 57.4 Å². The summed E-state index contributed by atoms with van der Waals surface area (Å²) in [6.07, 6.45) is 9.55. The molecule has 0 bridgehead atoms. The van der Waals surface area contributed by atoms with Gasteiger partial charge in [0.2, 0.25) is 5.91 Å². The van der Waals surface area contributed by atoms with Gasteiger partial charge in [-0.25, -0.2) is 0 Å². The summed E-state index contributed by atoms with van der Waals surface area (Å²) in [5.74, 6) is 0.960. The standard InChI is InChI=1S/C14H26N2O/c1-16-9-7-13(8-10-16)15-14(17)11-12-5-3-2-4-6-12/h12-13H,2-11H2,1H3,(H,15,17). The fourth-order valence-electron chi connectivity index (χ4n) is 3.09. The lowest BCUT2D eigenvalue weighted by atomic mass is 9.86. The average Bonchev–Trinajstić information content (AvgIpc) is 2.33. The number of carbonyl (C=O) groups is 1. The average molecular weight is 238 g/mol. The Morgan fingerprint density at radius 3 is 2.41 bits per heavy atom. The predicted molar refractivity (Wildman–Crippen MR) is 69.9 cm³/mol. The van der Waals surface area contributed by atoms with Crippen LogP contribution in [0, 0.1) is 5.92 Å². The van der Waals surface area contributed by atoms with Crippen LogP contribution in [0.5, 0.6) is 0 Å². The van der Waals surface area contributed by atoms with E-state index in [9.17, 15) is 4.79 Å². The zero-order valence-corrected chi connectivity index (χ0v) is 11.1. The summed E-state index contributed by atoms with van der Waals surface area (Å²) in [5.41, 5.74) is 0. The molecule has 1 heterocycles. The minimum Gasteiger partial charge on any atom is -0.353 e. The first-order valence-corrected chi connectivity index (χ1v) is 7.22. The lowest BCUT2D eigenvalue weighted by molar-refractivity contribution is -0.123. The number of nitrogens with one attached hydrogen (secondary N) is 1. The van der Waals surface area contributed by atoms with Crippen LogP contribution < -0.4 is 5.32 Å². The highest BCUT2D eigenvalue weighted by Crippen LogP contribution is 2.26. The van der Waals surface area contributed by atoms with Gasteiger partial charge in [-0.3, -0.25) is 4.79 Å². The van der Waals surface area contributed by atoms with Crippen molar-refractivity contribution in [3.8, 4) is 0 Å². The van der Waals surface area contributed by atoms with E-state index >= 15 is 0 Å². The quantitative estimate of drug-likeness (QED) is 0.817. The van der Waals surface area contributed by atoms with Crippen molar-refractivity contribution >= 4 is 5.91 Å². The van der Waals surface area contributed by atoms with Gasteiger partial charge in [-0.05, 0) is 51.7 Å². The maximum atomic E-state index is 11.9. The molecule has 0 aromatic heterocycles. The molecule has 0 unspecified atom stereocenters. The van der Waals surface area contributed by atoms with E-state index < -0.39 is 0 Å². The molecule has 2 aliphatic rings. The van der Waals surface area contributed by atoms with Crippen molar-refractivity contribution < 1.29 is 4.79 Å². The van der Waals surface area contributed by atoms with Gasteiger partial charge in [0.25, 0.3) is 0 Å². The Morgan fingerprint density at radius 2 is 1.76 bits per heavy atom. The Hall–Kier alpha value is -0.570. The van der Waals surface area contributed by atoms with Crippen LogP contribution in [-0.4, -0.2) is 37.0 Å². The summed E-state index contributed by atoms with van der Waals surface area (Å²) in [4.78, 5) is 14.3. The minimum absolute atomic E-state index is 0.298. The Morgan fingerprint density at radius 1 is 1.12 bits per heavy atom. The van der Waals surface area contributed by atoms with Gasteiger partial charge in [0.1, 0.15) is 0 Å². The molecule has 1 aliphatic carbocycles. The summed E-state index contributed by atoms with van der Waals surface area (Å²) in [7, 11) is 2.15. The monoisotopic (exact) mass is 238 g/mol. The summed E-state index contributed by atoms with van der Waals surface area (Å²) < 4.78 is 0. The van der Waals surface area contributed by atoms with Gasteiger partial charge < -0.3 is 10.2 Å². The second-order valence-corrected chi connectivity index (χ2v) is 5.85. The van der Waals surface area contributed by atoms with Crippen molar-refractivity contribution in [2.75, 3.05) is 20.1 Å². The smallest absolute Gasteiger partial charge is 0.220 e. The summed E-state index contributed by atoms with van der Waals surface area (Å²) >= 11 is 0. The number of piperidine rings is 1. The van der Waals surface area contributed by atoms with Crippen LogP contribution in [0.2, 0.25) is 0 Å². The van der Waals surface area contributed by atoms with E-state index in [0.29, 0.717) is 17.9 Å². The molecule has 1 saturated carbocycles. The van der Waals surface area contributed by atoms with Crippen molar-refractivity contribution in [2.24, 2.45) is 5.92 Å². The van der Waals surface area contributed by atoms with Gasteiger partial charge >= 0.3 is 0 Å². The van der Waals surface area contributed by atoms with E-state index in [1.54, 1.807) is 0 Å². The van der Waals surface area contributed by atoms with Crippen LogP contribution in [0.3, 0.4) is 0 Å². The maximum absolute atomic E-state index is 11.9. The van der Waals surface area contributed by atoms with E-state index in [4.69, 9.17) is 0 Å². The summed E-state index contributed by atoms with van der Waals surface area (Å²) in [6, 6.07) is 0.433. The molecule has 3 nitrogen and oxygen atoms in total. The van der Waals surface area contributed by atoms with Gasteiger partial charge in [0, 0.05) is 12.5 Å². The first-order valence-electron chi connectivity index (χ1n) is 7.22. The lowest BCUT2D eigenvalue weighted by Crippen LogP contribution is -2.43. The second-order valence-electron chi connectivity index (χ2n) is 5.85. The normalized spacial score (nSPS) is 24.8. The van der Waals surface area contributed by atoms with Crippen LogP contribution in [0.1, 0.15) is 51.4 Å². The third kappa shape index (κ3) is 4.30. The molecule has 1 amide bonds. The molecule has 1 aliphatic heterocycles. The highest BCUT2D eigenvalue weighted by Gasteiger charge is 2.21. The summed E-state index contributed by atoms with van der Waals surface area (Å²) in [5, 5.41) is 3.22. The third-order valence-electron chi connectivity index (χ3n) is 4.28. The van der Waals surface area contributed by atoms with Gasteiger partial charge in [-0.2, -0.15) is 0 Å². The predicted octanol–water partition coefficient (Wildman–Crippen LogP) is 2.17. The fraction of sp³-hybridized carbons (Fsp3) is 0.929. The highest BCUT2D eigenvalue weighted by molar-refractivity contribution is 5.76. The SMILES string of the molecule is CN1CCC(NC(=O)CC2CCCCC2)CC1. The molecular weight excluding hydrogens is 212 g/mol. The molecule has 0 aromatic rings. The number of rotatable bonds is 3. The first kappa shape index (κ1) is 12.9. The first-order chi connectivity index (χ1) is 8.24. The lowest BCUT2D eigenvalue weighted by Gasteiger charge is -2.30. The van der Waals surface area contributed by atoms with Gasteiger partial charge in [0.05, 0.1) is 0 Å². The molecule has 2 fully saturated rings. The molecule has 0 radical (unpaired) electrons. The minimum atomic E-state index is 0.298. The molecule has 17 heavy (non-hydrogen) atoms. The van der Waals surface area contributed by atoms with Crippen LogP contribution in [-0.2, 0) is 4.79 Å². The number of nitrogens with zero attached hydrogens (tertiary/aromatic N) is 1. The Balaban J connectivity index is 1.66. The number of amides is 1. The Labute approximate surface area is 105 Å². The van der Waals surface area contributed by atoms with Crippen molar-refractivity contribution in [3.05, 3.63) is 0 Å². The third-order valence-corrected chi connectivity index (χ3v) is 4.28. The van der Waals surface area contributed by atoms with E-state index in [2.05, 4.69) is 17.3 Å². The van der Waals surface area contributed by atoms with Crippen molar-refractivity contribution in [3.63, 3.8) is 0 Å². The number of carbonyl (C=O) groups excluding carboxylic acids is 1.